The standard InChI is InChI=1S/C13H18N2O8S2/c1-12(16,8-3-10(22-5-8)24(14,18)19)7-13(2,17)9-4-11(23-6-9)25(15,20)21/h3-6,16-17H,7H2,1-2H3,(H2,14,18,19)(H2,15,20,21). The smallest absolute Gasteiger partial charge is 0.271 e. The zero-order valence-electron chi connectivity index (χ0n) is 13.3. The fourth-order valence-corrected chi connectivity index (χ4v) is 3.32. The number of sulfonamides is 2. The monoisotopic (exact) mass is 394 g/mol. The van der Waals surface area contributed by atoms with Crippen molar-refractivity contribution in [2.24, 2.45) is 10.3 Å². The van der Waals surface area contributed by atoms with Gasteiger partial charge in [-0.05, 0) is 13.8 Å². The molecule has 2 aromatic heterocycles. The average Bonchev–Trinajstić information content (AvgIpc) is 3.06. The first-order valence-corrected chi connectivity index (χ1v) is 9.90. The summed E-state index contributed by atoms with van der Waals surface area (Å²) in [6, 6.07) is 2.08. The van der Waals surface area contributed by atoms with Crippen molar-refractivity contribution >= 4 is 20.0 Å². The number of furan rings is 2. The normalized spacial score (nSPS) is 17.8. The van der Waals surface area contributed by atoms with Gasteiger partial charge in [-0.15, -0.1) is 0 Å². The summed E-state index contributed by atoms with van der Waals surface area (Å²) in [5.41, 5.74) is -3.33. The minimum Gasteiger partial charge on any atom is -0.451 e. The van der Waals surface area contributed by atoms with Crippen molar-refractivity contribution in [1.82, 2.24) is 0 Å². The zero-order chi connectivity index (χ0) is 19.3. The molecule has 0 aliphatic rings. The quantitative estimate of drug-likeness (QED) is 0.512. The molecule has 2 rings (SSSR count). The van der Waals surface area contributed by atoms with Gasteiger partial charge in [0.1, 0.15) is 0 Å². The number of rotatable bonds is 6. The Morgan fingerprint density at radius 1 is 0.880 bits per heavy atom. The van der Waals surface area contributed by atoms with Gasteiger partial charge in [-0.3, -0.25) is 0 Å². The van der Waals surface area contributed by atoms with E-state index in [1.807, 2.05) is 0 Å². The van der Waals surface area contributed by atoms with Gasteiger partial charge in [0.2, 0.25) is 10.2 Å². The van der Waals surface area contributed by atoms with E-state index in [0.717, 1.165) is 24.7 Å². The second kappa shape index (κ2) is 5.93. The largest absolute Gasteiger partial charge is 0.451 e. The SMILES string of the molecule is CC(O)(CC(C)(O)c1coc(S(N)(=O)=O)c1)c1coc(S(N)(=O)=O)c1. The van der Waals surface area contributed by atoms with Crippen molar-refractivity contribution in [2.45, 2.75) is 41.7 Å². The topological polar surface area (TPSA) is 187 Å². The van der Waals surface area contributed by atoms with Crippen LogP contribution in [-0.2, 0) is 31.2 Å². The van der Waals surface area contributed by atoms with Crippen LogP contribution < -0.4 is 10.3 Å². The highest BCUT2D eigenvalue weighted by atomic mass is 32.2. The van der Waals surface area contributed by atoms with Crippen molar-refractivity contribution in [3.8, 4) is 0 Å². The van der Waals surface area contributed by atoms with Crippen molar-refractivity contribution in [3.05, 3.63) is 35.8 Å². The zero-order valence-corrected chi connectivity index (χ0v) is 15.0. The van der Waals surface area contributed by atoms with Crippen molar-refractivity contribution in [3.63, 3.8) is 0 Å². The second-order valence-electron chi connectivity index (χ2n) is 6.12. The predicted molar refractivity (Wildman–Crippen MR) is 83.9 cm³/mol. The lowest BCUT2D eigenvalue weighted by Gasteiger charge is -2.31. The third-order valence-corrected chi connectivity index (χ3v) is 5.19. The van der Waals surface area contributed by atoms with E-state index in [2.05, 4.69) is 0 Å². The molecule has 140 valence electrons. The molecule has 0 saturated heterocycles. The maximum Gasteiger partial charge on any atom is 0.271 e. The Hall–Kier alpha value is -1.70. The second-order valence-corrected chi connectivity index (χ2v) is 9.11. The summed E-state index contributed by atoms with van der Waals surface area (Å²) in [7, 11) is -8.17. The Kier molecular flexibility index (Phi) is 4.66. The van der Waals surface area contributed by atoms with Crippen LogP contribution in [0.1, 0.15) is 31.4 Å². The average molecular weight is 394 g/mol. The molecule has 25 heavy (non-hydrogen) atoms. The Morgan fingerprint density at radius 3 is 1.44 bits per heavy atom. The first-order valence-electron chi connectivity index (χ1n) is 6.81. The van der Waals surface area contributed by atoms with Crippen LogP contribution in [0.4, 0.5) is 0 Å². The molecule has 0 aromatic carbocycles. The van der Waals surface area contributed by atoms with Crippen LogP contribution in [0.2, 0.25) is 0 Å². The van der Waals surface area contributed by atoms with Gasteiger partial charge in [-0.25, -0.2) is 27.1 Å². The van der Waals surface area contributed by atoms with E-state index >= 15 is 0 Å². The first-order chi connectivity index (χ1) is 11.1. The molecule has 10 nitrogen and oxygen atoms in total. The molecule has 0 amide bonds. The lowest BCUT2D eigenvalue weighted by molar-refractivity contribution is -0.0529. The predicted octanol–water partition coefficient (Wildman–Crippen LogP) is -0.327. The highest BCUT2D eigenvalue weighted by molar-refractivity contribution is 7.89. The maximum absolute atomic E-state index is 11.2. The van der Waals surface area contributed by atoms with E-state index < -0.39 is 41.4 Å². The van der Waals surface area contributed by atoms with E-state index in [1.54, 1.807) is 0 Å². The molecule has 0 saturated carbocycles. The summed E-state index contributed by atoms with van der Waals surface area (Å²) in [6.45, 7) is 2.64. The van der Waals surface area contributed by atoms with E-state index in [-0.39, 0.29) is 17.5 Å². The summed E-state index contributed by atoms with van der Waals surface area (Å²) in [4.78, 5) is 0. The minimum absolute atomic E-state index is 0.0620. The summed E-state index contributed by atoms with van der Waals surface area (Å²) in [6.07, 6.45) is 1.66. The molecule has 0 bridgehead atoms. The van der Waals surface area contributed by atoms with Crippen LogP contribution in [0.15, 0.2) is 43.7 Å². The van der Waals surface area contributed by atoms with E-state index in [9.17, 15) is 27.0 Å². The number of nitrogens with two attached hydrogens (primary N) is 2. The fourth-order valence-electron chi connectivity index (χ4n) is 2.37. The van der Waals surface area contributed by atoms with Crippen LogP contribution in [0, 0.1) is 0 Å². The number of aliphatic hydroxyl groups is 2. The van der Waals surface area contributed by atoms with Crippen molar-refractivity contribution in [2.75, 3.05) is 0 Å². The molecule has 0 fully saturated rings. The summed E-state index contributed by atoms with van der Waals surface area (Å²) in [5.74, 6) is 0. The van der Waals surface area contributed by atoms with Gasteiger partial charge < -0.3 is 19.0 Å². The Morgan fingerprint density at radius 2 is 1.20 bits per heavy atom. The van der Waals surface area contributed by atoms with Gasteiger partial charge in [0, 0.05) is 29.7 Å². The third kappa shape index (κ3) is 4.29. The van der Waals surface area contributed by atoms with Gasteiger partial charge in [0.05, 0.1) is 23.7 Å². The molecule has 0 radical (unpaired) electrons. The Bertz CT molecular complexity index is 903. The van der Waals surface area contributed by atoms with Crippen LogP contribution in [0.3, 0.4) is 0 Å². The molecule has 2 aromatic rings. The molecular formula is C13H18N2O8S2. The molecule has 2 atom stereocenters. The van der Waals surface area contributed by atoms with Gasteiger partial charge in [0.15, 0.2) is 0 Å². The minimum atomic E-state index is -4.09. The van der Waals surface area contributed by atoms with E-state index in [1.165, 1.54) is 13.8 Å². The number of primary sulfonamides is 2. The molecule has 12 heteroatoms. The number of hydrogen-bond acceptors (Lipinski definition) is 8. The molecule has 0 aliphatic carbocycles. The first kappa shape index (κ1) is 19.6. The van der Waals surface area contributed by atoms with E-state index in [4.69, 9.17) is 19.1 Å². The fraction of sp³-hybridized carbons (Fsp3) is 0.385. The maximum atomic E-state index is 11.2. The Balaban J connectivity index is 2.32. The van der Waals surface area contributed by atoms with Crippen LogP contribution in [0.25, 0.3) is 0 Å². The Labute approximate surface area is 144 Å². The van der Waals surface area contributed by atoms with Crippen LogP contribution in [0.5, 0.6) is 0 Å². The van der Waals surface area contributed by atoms with Crippen molar-refractivity contribution in [1.29, 1.82) is 0 Å². The van der Waals surface area contributed by atoms with Gasteiger partial charge >= 0.3 is 0 Å². The lowest BCUT2D eigenvalue weighted by Crippen LogP contribution is -2.33. The van der Waals surface area contributed by atoms with Gasteiger partial charge in [-0.2, -0.15) is 0 Å². The number of hydrogen-bond donors (Lipinski definition) is 4. The van der Waals surface area contributed by atoms with Crippen molar-refractivity contribution < 1.29 is 35.9 Å². The lowest BCUT2D eigenvalue weighted by atomic mass is 9.82. The summed E-state index contributed by atoms with van der Waals surface area (Å²) in [5, 5.41) is 30.0. The van der Waals surface area contributed by atoms with Crippen LogP contribution in [-0.4, -0.2) is 27.0 Å². The molecule has 0 spiro atoms. The molecule has 6 N–H and O–H groups in total. The van der Waals surface area contributed by atoms with E-state index in [0.29, 0.717) is 0 Å². The summed E-state index contributed by atoms with van der Waals surface area (Å²) < 4.78 is 54.6. The van der Waals surface area contributed by atoms with Crippen LogP contribution >= 0.6 is 0 Å². The highest BCUT2D eigenvalue weighted by Crippen LogP contribution is 2.37. The highest BCUT2D eigenvalue weighted by Gasteiger charge is 2.38. The molecule has 2 heterocycles. The molecular weight excluding hydrogens is 376 g/mol. The van der Waals surface area contributed by atoms with Gasteiger partial charge in [-0.1, -0.05) is 0 Å². The third-order valence-electron chi connectivity index (χ3n) is 3.64. The summed E-state index contributed by atoms with van der Waals surface area (Å²) >= 11 is 0. The molecule has 2 unspecified atom stereocenters. The molecule has 0 aliphatic heterocycles. The van der Waals surface area contributed by atoms with Gasteiger partial charge in [0.25, 0.3) is 20.0 Å².